The molecule has 1 saturated heterocycles. The first-order valence-corrected chi connectivity index (χ1v) is 10.2. The minimum absolute atomic E-state index is 0.0963. The molecule has 3 fully saturated rings. The van der Waals surface area contributed by atoms with Crippen molar-refractivity contribution in [1.29, 1.82) is 0 Å². The van der Waals surface area contributed by atoms with Gasteiger partial charge in [-0.25, -0.2) is 4.79 Å². The minimum Gasteiger partial charge on any atom is -0.379 e. The molecule has 2 amide bonds. The third-order valence-corrected chi connectivity index (χ3v) is 6.05. The molecule has 1 aromatic rings. The normalized spacial score (nSPS) is 27.2. The van der Waals surface area contributed by atoms with Crippen LogP contribution in [0.2, 0.25) is 0 Å². The van der Waals surface area contributed by atoms with E-state index >= 15 is 0 Å². The summed E-state index contributed by atoms with van der Waals surface area (Å²) in [4.78, 5) is 14.6. The molecular weight excluding hydrogens is 330 g/mol. The number of urea groups is 1. The van der Waals surface area contributed by atoms with Gasteiger partial charge in [0.1, 0.15) is 0 Å². The van der Waals surface area contributed by atoms with Gasteiger partial charge in [-0.15, -0.1) is 0 Å². The lowest BCUT2D eigenvalue weighted by Crippen LogP contribution is -2.38. The lowest BCUT2D eigenvalue weighted by molar-refractivity contribution is 0.0360. The van der Waals surface area contributed by atoms with Gasteiger partial charge in [-0.2, -0.15) is 5.10 Å². The first kappa shape index (κ1) is 17.8. The van der Waals surface area contributed by atoms with Crippen molar-refractivity contribution in [2.75, 3.05) is 38.2 Å². The van der Waals surface area contributed by atoms with Crippen molar-refractivity contribution in [1.82, 2.24) is 20.0 Å². The number of morpholine rings is 1. The molecule has 2 heterocycles. The number of nitrogens with one attached hydrogen (secondary N) is 2. The summed E-state index contributed by atoms with van der Waals surface area (Å²) in [6.07, 6.45) is 11.6. The number of aromatic nitrogens is 2. The molecule has 7 heteroatoms. The summed E-state index contributed by atoms with van der Waals surface area (Å²) in [7, 11) is 0. The molecule has 7 nitrogen and oxygen atoms in total. The Labute approximate surface area is 155 Å². The molecule has 2 saturated carbocycles. The van der Waals surface area contributed by atoms with Gasteiger partial charge in [-0.3, -0.25) is 9.58 Å². The van der Waals surface area contributed by atoms with Crippen molar-refractivity contribution in [3.05, 3.63) is 12.4 Å². The second-order valence-corrected chi connectivity index (χ2v) is 7.95. The molecule has 1 aliphatic heterocycles. The zero-order valence-corrected chi connectivity index (χ0v) is 15.5. The van der Waals surface area contributed by atoms with Crippen molar-refractivity contribution in [3.8, 4) is 0 Å². The molecule has 0 unspecified atom stereocenters. The number of hydrogen-bond donors (Lipinski definition) is 2. The van der Waals surface area contributed by atoms with Crippen molar-refractivity contribution >= 4 is 11.7 Å². The van der Waals surface area contributed by atoms with Crippen molar-refractivity contribution in [2.24, 2.45) is 11.8 Å². The Morgan fingerprint density at radius 2 is 2.00 bits per heavy atom. The largest absolute Gasteiger partial charge is 0.379 e. The van der Waals surface area contributed by atoms with Crippen LogP contribution in [0.1, 0.15) is 38.5 Å². The van der Waals surface area contributed by atoms with Gasteiger partial charge in [0, 0.05) is 31.9 Å². The third-order valence-electron chi connectivity index (χ3n) is 6.05. The molecular formula is C19H31N5O2. The van der Waals surface area contributed by atoms with E-state index in [4.69, 9.17) is 4.74 Å². The topological polar surface area (TPSA) is 71.4 Å². The second kappa shape index (κ2) is 8.39. The van der Waals surface area contributed by atoms with E-state index in [9.17, 15) is 4.79 Å². The van der Waals surface area contributed by atoms with E-state index in [0.717, 1.165) is 57.4 Å². The van der Waals surface area contributed by atoms with E-state index in [1.165, 1.54) is 32.1 Å². The molecule has 0 spiro atoms. The van der Waals surface area contributed by atoms with Crippen LogP contribution < -0.4 is 10.6 Å². The number of nitrogens with zero attached hydrogens (tertiary/aromatic N) is 3. The summed E-state index contributed by atoms with van der Waals surface area (Å²) in [6.45, 7) is 5.39. The van der Waals surface area contributed by atoms with E-state index in [1.54, 1.807) is 6.20 Å². The highest BCUT2D eigenvalue weighted by Crippen LogP contribution is 2.44. The van der Waals surface area contributed by atoms with E-state index < -0.39 is 0 Å². The van der Waals surface area contributed by atoms with Crippen molar-refractivity contribution in [2.45, 2.75) is 51.1 Å². The number of carbonyl (C=O) groups is 1. The third kappa shape index (κ3) is 4.76. The molecule has 2 aliphatic carbocycles. The number of ether oxygens (including phenoxy) is 1. The average molecular weight is 361 g/mol. The summed E-state index contributed by atoms with van der Waals surface area (Å²) < 4.78 is 7.26. The Kier molecular flexibility index (Phi) is 5.75. The lowest BCUT2D eigenvalue weighted by Gasteiger charge is -2.26. The molecule has 144 valence electrons. The van der Waals surface area contributed by atoms with Crippen LogP contribution >= 0.6 is 0 Å². The maximum atomic E-state index is 12.2. The molecule has 0 radical (unpaired) electrons. The highest BCUT2D eigenvalue weighted by molar-refractivity contribution is 5.89. The molecule has 3 aliphatic rings. The summed E-state index contributed by atoms with van der Waals surface area (Å²) in [5.74, 6) is 1.54. The quantitative estimate of drug-likeness (QED) is 0.816. The van der Waals surface area contributed by atoms with Crippen LogP contribution in [0.25, 0.3) is 0 Å². The first-order valence-electron chi connectivity index (χ1n) is 10.2. The van der Waals surface area contributed by atoms with E-state index in [0.29, 0.717) is 12.0 Å². The van der Waals surface area contributed by atoms with Gasteiger partial charge in [0.15, 0.2) is 0 Å². The van der Waals surface area contributed by atoms with Crippen molar-refractivity contribution in [3.63, 3.8) is 0 Å². The van der Waals surface area contributed by atoms with Gasteiger partial charge >= 0.3 is 6.03 Å². The zero-order chi connectivity index (χ0) is 17.8. The molecule has 4 rings (SSSR count). The van der Waals surface area contributed by atoms with Gasteiger partial charge in [0.2, 0.25) is 0 Å². The van der Waals surface area contributed by atoms with Crippen LogP contribution in [-0.2, 0) is 11.3 Å². The van der Waals surface area contributed by atoms with Gasteiger partial charge in [0.25, 0.3) is 0 Å². The SMILES string of the molecule is O=C(Nc1cnn(CCN2CCOCC2)c1)N[C@@H]1C[C@H]1C1CCCCC1. The number of amides is 2. The maximum Gasteiger partial charge on any atom is 0.319 e. The number of carbonyl (C=O) groups excluding carboxylic acids is 1. The molecule has 0 aromatic carbocycles. The van der Waals surface area contributed by atoms with Crippen LogP contribution in [0.5, 0.6) is 0 Å². The van der Waals surface area contributed by atoms with Crippen molar-refractivity contribution < 1.29 is 9.53 Å². The molecule has 26 heavy (non-hydrogen) atoms. The Morgan fingerprint density at radius 1 is 1.19 bits per heavy atom. The van der Waals surface area contributed by atoms with E-state index in [1.807, 2.05) is 10.9 Å². The minimum atomic E-state index is -0.0963. The molecule has 2 N–H and O–H groups in total. The predicted molar refractivity (Wildman–Crippen MR) is 100 cm³/mol. The van der Waals surface area contributed by atoms with Crippen LogP contribution in [0.4, 0.5) is 10.5 Å². The maximum absolute atomic E-state index is 12.2. The lowest BCUT2D eigenvalue weighted by atomic mass is 9.85. The van der Waals surface area contributed by atoms with Crippen LogP contribution in [0, 0.1) is 11.8 Å². The fraction of sp³-hybridized carbons (Fsp3) is 0.789. The summed E-state index contributed by atoms with van der Waals surface area (Å²) >= 11 is 0. The van der Waals surface area contributed by atoms with Gasteiger partial charge in [0.05, 0.1) is 31.6 Å². The Bertz CT molecular complexity index is 593. The average Bonchev–Trinajstić information content (AvgIpc) is 3.29. The van der Waals surface area contributed by atoms with Gasteiger partial charge in [-0.1, -0.05) is 32.1 Å². The van der Waals surface area contributed by atoms with Gasteiger partial charge in [-0.05, 0) is 18.3 Å². The highest BCUT2D eigenvalue weighted by atomic mass is 16.5. The number of hydrogen-bond acceptors (Lipinski definition) is 4. The predicted octanol–water partition coefficient (Wildman–Crippen LogP) is 2.31. The second-order valence-electron chi connectivity index (χ2n) is 7.95. The molecule has 1 aromatic heterocycles. The zero-order valence-electron chi connectivity index (χ0n) is 15.5. The highest BCUT2D eigenvalue weighted by Gasteiger charge is 2.43. The Hall–Kier alpha value is -1.60. The number of rotatable bonds is 6. The number of anilines is 1. The summed E-state index contributed by atoms with van der Waals surface area (Å²) in [5.41, 5.74) is 0.763. The summed E-state index contributed by atoms with van der Waals surface area (Å²) in [6, 6.07) is 0.274. The first-order chi connectivity index (χ1) is 12.8. The fourth-order valence-electron chi connectivity index (χ4n) is 4.42. The monoisotopic (exact) mass is 361 g/mol. The Morgan fingerprint density at radius 3 is 2.81 bits per heavy atom. The van der Waals surface area contributed by atoms with E-state index in [2.05, 4.69) is 20.6 Å². The van der Waals surface area contributed by atoms with E-state index in [-0.39, 0.29) is 6.03 Å². The molecule has 2 atom stereocenters. The van der Waals surface area contributed by atoms with Gasteiger partial charge < -0.3 is 15.4 Å². The fourth-order valence-corrected chi connectivity index (χ4v) is 4.42. The summed E-state index contributed by atoms with van der Waals surface area (Å²) in [5, 5.41) is 10.4. The van der Waals surface area contributed by atoms with Crippen LogP contribution in [0.15, 0.2) is 12.4 Å². The van der Waals surface area contributed by atoms with Crippen LogP contribution in [0.3, 0.4) is 0 Å². The standard InChI is InChI=1S/C19H31N5O2/c25-19(22-18-12-17(18)15-4-2-1-3-5-15)21-16-13-20-24(14-16)7-6-23-8-10-26-11-9-23/h13-15,17-18H,1-12H2,(H2,21,22,25)/t17-,18+/m0/s1. The molecule has 0 bridgehead atoms. The van der Waals surface area contributed by atoms with Crippen LogP contribution in [-0.4, -0.2) is 59.6 Å². The smallest absolute Gasteiger partial charge is 0.319 e. The Balaban J connectivity index is 1.17.